The molecule has 0 radical (unpaired) electrons. The summed E-state index contributed by atoms with van der Waals surface area (Å²) in [7, 11) is 0. The minimum absolute atomic E-state index is 0.0670. The molecule has 0 atom stereocenters. The second-order valence-corrected chi connectivity index (χ2v) is 5.12. The van der Waals surface area contributed by atoms with Crippen LogP contribution in [-0.4, -0.2) is 16.5 Å². The van der Waals surface area contributed by atoms with Gasteiger partial charge in [0.1, 0.15) is 12.0 Å². The summed E-state index contributed by atoms with van der Waals surface area (Å²) in [5.41, 5.74) is 4.37. The molecule has 1 aliphatic rings. The van der Waals surface area contributed by atoms with Crippen molar-refractivity contribution >= 4 is 17.2 Å². The number of nitro groups is 1. The minimum Gasteiger partial charge on any atom is -0.326 e. The summed E-state index contributed by atoms with van der Waals surface area (Å²) in [5.74, 6) is 0.775. The van der Waals surface area contributed by atoms with Crippen LogP contribution in [0.4, 0.5) is 17.2 Å². The molecular weight excluding hydrogens is 254 g/mol. The fraction of sp³-hybridized carbons (Fsp3) is 0.267. The predicted octanol–water partition coefficient (Wildman–Crippen LogP) is 3.30. The van der Waals surface area contributed by atoms with Crippen molar-refractivity contribution < 1.29 is 4.92 Å². The summed E-state index contributed by atoms with van der Waals surface area (Å²) in [6, 6.07) is 8.18. The Morgan fingerprint density at radius 3 is 2.80 bits per heavy atom. The van der Waals surface area contributed by atoms with E-state index in [1.54, 1.807) is 13.0 Å². The standard InChI is InChI=1S/C15H15N3O2/c1-10-3-4-12-5-6-17(13(12)7-10)15-8-11(2)14(9-16-15)18(19)20/h3-4,7-9H,5-6H2,1-2H3. The summed E-state index contributed by atoms with van der Waals surface area (Å²) in [6.07, 6.45) is 2.33. The smallest absolute Gasteiger partial charge is 0.290 e. The zero-order chi connectivity index (χ0) is 14.3. The highest BCUT2D eigenvalue weighted by Crippen LogP contribution is 2.35. The second kappa shape index (κ2) is 4.59. The van der Waals surface area contributed by atoms with Crippen LogP contribution in [0.3, 0.4) is 0 Å². The number of anilines is 2. The third-order valence-electron chi connectivity index (χ3n) is 3.68. The number of aryl methyl sites for hydroxylation is 2. The van der Waals surface area contributed by atoms with Crippen LogP contribution in [0.2, 0.25) is 0 Å². The quantitative estimate of drug-likeness (QED) is 0.620. The highest BCUT2D eigenvalue weighted by molar-refractivity contribution is 5.69. The van der Waals surface area contributed by atoms with Gasteiger partial charge in [0.05, 0.1) is 4.92 Å². The van der Waals surface area contributed by atoms with Crippen LogP contribution in [0, 0.1) is 24.0 Å². The van der Waals surface area contributed by atoms with Gasteiger partial charge in [-0.25, -0.2) is 4.98 Å². The molecule has 0 bridgehead atoms. The largest absolute Gasteiger partial charge is 0.326 e. The Labute approximate surface area is 117 Å². The van der Waals surface area contributed by atoms with Gasteiger partial charge in [0, 0.05) is 17.8 Å². The number of nitrogens with zero attached hydrogens (tertiary/aromatic N) is 3. The summed E-state index contributed by atoms with van der Waals surface area (Å²) in [6.45, 7) is 4.67. The minimum atomic E-state index is -0.395. The van der Waals surface area contributed by atoms with Crippen molar-refractivity contribution in [2.24, 2.45) is 0 Å². The average molecular weight is 269 g/mol. The van der Waals surface area contributed by atoms with Crippen molar-refractivity contribution in [3.05, 3.63) is 57.3 Å². The van der Waals surface area contributed by atoms with E-state index >= 15 is 0 Å². The first-order chi connectivity index (χ1) is 9.56. The molecule has 2 heterocycles. The molecule has 0 saturated heterocycles. The van der Waals surface area contributed by atoms with E-state index in [-0.39, 0.29) is 5.69 Å². The third-order valence-corrected chi connectivity index (χ3v) is 3.68. The summed E-state index contributed by atoms with van der Waals surface area (Å²) in [4.78, 5) is 16.8. The van der Waals surface area contributed by atoms with Crippen LogP contribution in [0.5, 0.6) is 0 Å². The maximum Gasteiger partial charge on any atom is 0.290 e. The third kappa shape index (κ3) is 2.01. The van der Waals surface area contributed by atoms with Crippen molar-refractivity contribution in [1.82, 2.24) is 4.98 Å². The normalized spacial score (nSPS) is 13.4. The fourth-order valence-corrected chi connectivity index (χ4v) is 2.60. The van der Waals surface area contributed by atoms with Crippen molar-refractivity contribution in [1.29, 1.82) is 0 Å². The van der Waals surface area contributed by atoms with Crippen molar-refractivity contribution in [2.75, 3.05) is 11.4 Å². The highest BCUT2D eigenvalue weighted by Gasteiger charge is 2.23. The van der Waals surface area contributed by atoms with Crippen molar-refractivity contribution in [3.8, 4) is 0 Å². The van der Waals surface area contributed by atoms with Gasteiger partial charge in [-0.2, -0.15) is 0 Å². The lowest BCUT2D eigenvalue weighted by molar-refractivity contribution is -0.385. The summed E-state index contributed by atoms with van der Waals surface area (Å²) >= 11 is 0. The van der Waals surface area contributed by atoms with E-state index in [1.807, 2.05) is 0 Å². The zero-order valence-corrected chi connectivity index (χ0v) is 11.5. The Balaban J connectivity index is 2.02. The van der Waals surface area contributed by atoms with Crippen molar-refractivity contribution in [3.63, 3.8) is 0 Å². The Kier molecular flexibility index (Phi) is 2.89. The molecule has 5 heteroatoms. The van der Waals surface area contributed by atoms with Crippen molar-refractivity contribution in [2.45, 2.75) is 20.3 Å². The van der Waals surface area contributed by atoms with Gasteiger partial charge in [-0.05, 0) is 43.5 Å². The summed E-state index contributed by atoms with van der Waals surface area (Å²) in [5, 5.41) is 10.8. The molecule has 0 spiro atoms. The van der Waals surface area contributed by atoms with Crippen LogP contribution < -0.4 is 4.90 Å². The zero-order valence-electron chi connectivity index (χ0n) is 11.5. The van der Waals surface area contributed by atoms with E-state index in [0.717, 1.165) is 24.5 Å². The Hall–Kier alpha value is -2.43. The van der Waals surface area contributed by atoms with E-state index < -0.39 is 4.92 Å². The van der Waals surface area contributed by atoms with Crippen LogP contribution in [0.15, 0.2) is 30.5 Å². The maximum atomic E-state index is 10.8. The van der Waals surface area contributed by atoms with E-state index in [2.05, 4.69) is 35.0 Å². The van der Waals surface area contributed by atoms with Crippen LogP contribution in [-0.2, 0) is 6.42 Å². The van der Waals surface area contributed by atoms with Gasteiger partial charge in [-0.1, -0.05) is 12.1 Å². The Morgan fingerprint density at radius 2 is 2.10 bits per heavy atom. The van der Waals surface area contributed by atoms with E-state index in [4.69, 9.17) is 0 Å². The lowest BCUT2D eigenvalue weighted by atomic mass is 10.1. The molecule has 0 aliphatic carbocycles. The molecule has 0 saturated carbocycles. The van der Waals surface area contributed by atoms with Gasteiger partial charge in [-0.3, -0.25) is 10.1 Å². The van der Waals surface area contributed by atoms with Crippen LogP contribution >= 0.6 is 0 Å². The number of rotatable bonds is 2. The highest BCUT2D eigenvalue weighted by atomic mass is 16.6. The number of pyridine rings is 1. The molecule has 0 unspecified atom stereocenters. The molecule has 1 aromatic heterocycles. The number of aromatic nitrogens is 1. The molecule has 0 fully saturated rings. The second-order valence-electron chi connectivity index (χ2n) is 5.12. The SMILES string of the molecule is Cc1ccc2c(c1)N(c1cc(C)c([N+](=O)[O-])cn1)CC2. The monoisotopic (exact) mass is 269 g/mol. The lowest BCUT2D eigenvalue weighted by Gasteiger charge is -2.19. The molecule has 1 aromatic carbocycles. The van der Waals surface area contributed by atoms with Crippen LogP contribution in [0.1, 0.15) is 16.7 Å². The fourth-order valence-electron chi connectivity index (χ4n) is 2.60. The van der Waals surface area contributed by atoms with Gasteiger partial charge in [0.15, 0.2) is 0 Å². The molecule has 0 amide bonds. The van der Waals surface area contributed by atoms with Gasteiger partial charge in [0.25, 0.3) is 5.69 Å². The first-order valence-corrected chi connectivity index (χ1v) is 6.54. The topological polar surface area (TPSA) is 59.3 Å². The molecule has 102 valence electrons. The van der Waals surface area contributed by atoms with Gasteiger partial charge >= 0.3 is 0 Å². The van der Waals surface area contributed by atoms with Gasteiger partial charge in [0.2, 0.25) is 0 Å². The van der Waals surface area contributed by atoms with Crippen LogP contribution in [0.25, 0.3) is 0 Å². The number of fused-ring (bicyclic) bond motifs is 1. The molecule has 5 nitrogen and oxygen atoms in total. The maximum absolute atomic E-state index is 10.8. The van der Waals surface area contributed by atoms with E-state index in [0.29, 0.717) is 5.56 Å². The lowest BCUT2D eigenvalue weighted by Crippen LogP contribution is -2.15. The molecular formula is C15H15N3O2. The predicted molar refractivity (Wildman–Crippen MR) is 77.5 cm³/mol. The molecule has 1 aliphatic heterocycles. The van der Waals surface area contributed by atoms with E-state index in [9.17, 15) is 10.1 Å². The first kappa shape index (κ1) is 12.6. The number of benzene rings is 1. The number of hydrogen-bond donors (Lipinski definition) is 0. The average Bonchev–Trinajstić information content (AvgIpc) is 2.81. The number of hydrogen-bond acceptors (Lipinski definition) is 4. The molecule has 0 N–H and O–H groups in total. The molecule has 20 heavy (non-hydrogen) atoms. The van der Waals surface area contributed by atoms with E-state index in [1.165, 1.54) is 17.3 Å². The Bertz CT molecular complexity index is 698. The molecule has 2 aromatic rings. The summed E-state index contributed by atoms with van der Waals surface area (Å²) < 4.78 is 0. The van der Waals surface area contributed by atoms with Gasteiger partial charge < -0.3 is 4.90 Å². The van der Waals surface area contributed by atoms with Gasteiger partial charge in [-0.15, -0.1) is 0 Å². The molecule has 3 rings (SSSR count). The first-order valence-electron chi connectivity index (χ1n) is 6.54. The Morgan fingerprint density at radius 1 is 1.30 bits per heavy atom.